The van der Waals surface area contributed by atoms with Gasteiger partial charge in [-0.15, -0.1) is 0 Å². The molecular weight excluding hydrogens is 624 g/mol. The number of ether oxygens (including phenoxy) is 8. The molecule has 0 unspecified atom stereocenters. The highest BCUT2D eigenvalue weighted by Crippen LogP contribution is 2.31. The smallest absolute Gasteiger partial charge is 0.305 e. The first-order valence-corrected chi connectivity index (χ1v) is 16.6. The Morgan fingerprint density at radius 2 is 0.833 bits per heavy atom. The maximum Gasteiger partial charge on any atom is 0.305 e. The van der Waals surface area contributed by atoms with E-state index < -0.39 is 0 Å². The molecule has 12 nitrogen and oxygen atoms in total. The first kappa shape index (κ1) is 38.3. The summed E-state index contributed by atoms with van der Waals surface area (Å²) in [7, 11) is 2.73. The average molecular weight is 673 g/mol. The Bertz CT molecular complexity index is 1210. The second kappa shape index (κ2) is 22.4. The second-order valence-electron chi connectivity index (χ2n) is 11.1. The number of benzene rings is 2. The van der Waals surface area contributed by atoms with Crippen molar-refractivity contribution in [3.05, 3.63) is 47.5 Å². The van der Waals surface area contributed by atoms with Crippen LogP contribution in [0.15, 0.2) is 36.4 Å². The molecule has 0 N–H and O–H groups in total. The molecule has 2 aromatic rings. The Morgan fingerprint density at radius 1 is 0.479 bits per heavy atom. The van der Waals surface area contributed by atoms with Crippen molar-refractivity contribution in [2.45, 2.75) is 64.2 Å². The third kappa shape index (κ3) is 14.3. The summed E-state index contributed by atoms with van der Waals surface area (Å²) >= 11 is 0. The molecule has 0 aromatic heterocycles. The van der Waals surface area contributed by atoms with E-state index in [1.165, 1.54) is 14.2 Å². The molecule has 0 bridgehead atoms. The second-order valence-corrected chi connectivity index (χ2v) is 11.1. The lowest BCUT2D eigenvalue weighted by Crippen LogP contribution is -2.16. The maximum absolute atomic E-state index is 12.8. The molecule has 0 atom stereocenters. The summed E-state index contributed by atoms with van der Waals surface area (Å²) in [4.78, 5) is 48.2. The number of carbonyl (C=O) groups excluding carboxylic acids is 4. The van der Waals surface area contributed by atoms with E-state index in [1.54, 1.807) is 36.4 Å². The number of rotatable bonds is 14. The van der Waals surface area contributed by atoms with E-state index in [2.05, 4.69) is 9.47 Å². The summed E-state index contributed by atoms with van der Waals surface area (Å²) < 4.78 is 44.4. The molecule has 0 saturated heterocycles. The highest BCUT2D eigenvalue weighted by Gasteiger charge is 2.15. The third-order valence-corrected chi connectivity index (χ3v) is 7.50. The van der Waals surface area contributed by atoms with Gasteiger partial charge in [-0.3, -0.25) is 19.2 Å². The molecule has 1 heterocycles. The summed E-state index contributed by atoms with van der Waals surface area (Å²) in [6.45, 7) is 2.09. The van der Waals surface area contributed by atoms with Gasteiger partial charge < -0.3 is 37.9 Å². The zero-order valence-electron chi connectivity index (χ0n) is 28.1. The van der Waals surface area contributed by atoms with Gasteiger partial charge in [-0.2, -0.15) is 0 Å². The molecule has 0 amide bonds. The fourth-order valence-electron chi connectivity index (χ4n) is 4.83. The number of unbranched alkanes of at least 4 members (excludes halogenated alkanes) is 4. The highest BCUT2D eigenvalue weighted by atomic mass is 16.6. The molecule has 0 spiro atoms. The van der Waals surface area contributed by atoms with Crippen LogP contribution in [0.2, 0.25) is 0 Å². The van der Waals surface area contributed by atoms with Gasteiger partial charge in [0.1, 0.15) is 26.4 Å². The van der Waals surface area contributed by atoms with Crippen molar-refractivity contribution in [3.63, 3.8) is 0 Å². The van der Waals surface area contributed by atoms with Crippen LogP contribution >= 0.6 is 0 Å². The molecule has 3 rings (SSSR count). The maximum atomic E-state index is 12.8. The standard InChI is InChI=1S/C36H48O12/c1-41-35(39)11-7-3-5-9-29(37)27-13-15-31-33(25-27)47-23-19-43-18-22-46-32-16-14-28(26-34(32)48-24-20-44-17-21-45-31)30(38)10-6-4-8-12-36(40)42-2/h13-16,25-26H,3-12,17-24H2,1-2H3. The van der Waals surface area contributed by atoms with Crippen LogP contribution < -0.4 is 18.9 Å². The molecule has 0 aliphatic carbocycles. The van der Waals surface area contributed by atoms with Gasteiger partial charge in [0.25, 0.3) is 0 Å². The Hall–Kier alpha value is -4.16. The van der Waals surface area contributed by atoms with Crippen molar-refractivity contribution in [2.24, 2.45) is 0 Å². The van der Waals surface area contributed by atoms with E-state index in [4.69, 9.17) is 28.4 Å². The number of esters is 2. The van der Waals surface area contributed by atoms with Crippen LogP contribution in [0, 0.1) is 0 Å². The molecule has 12 heteroatoms. The van der Waals surface area contributed by atoms with Crippen molar-refractivity contribution in [1.82, 2.24) is 0 Å². The molecule has 264 valence electrons. The summed E-state index contributed by atoms with van der Waals surface area (Å²) in [6, 6.07) is 10.2. The van der Waals surface area contributed by atoms with Gasteiger partial charge in [-0.25, -0.2) is 0 Å². The number of carbonyl (C=O) groups is 4. The number of hydrogen-bond donors (Lipinski definition) is 0. The van der Waals surface area contributed by atoms with Gasteiger partial charge in [-0.05, 0) is 62.1 Å². The normalized spacial score (nSPS) is 14.2. The lowest BCUT2D eigenvalue weighted by molar-refractivity contribution is -0.141. The number of ketones is 2. The SMILES string of the molecule is COC(=O)CCCCCC(=O)c1ccc2c(c1)OCCOCCOc1ccc(C(=O)CCCCCC(=O)OC)cc1OCCOCCO2. The predicted octanol–water partition coefficient (Wildman–Crippen LogP) is 5.56. The van der Waals surface area contributed by atoms with Crippen molar-refractivity contribution in [1.29, 1.82) is 0 Å². The molecule has 2 aromatic carbocycles. The van der Waals surface area contributed by atoms with E-state index >= 15 is 0 Å². The predicted molar refractivity (Wildman–Crippen MR) is 175 cm³/mol. The van der Waals surface area contributed by atoms with E-state index in [1.807, 2.05) is 0 Å². The van der Waals surface area contributed by atoms with Gasteiger partial charge in [0.2, 0.25) is 0 Å². The van der Waals surface area contributed by atoms with Crippen molar-refractivity contribution in [3.8, 4) is 23.0 Å². The summed E-state index contributed by atoms with van der Waals surface area (Å²) in [5.74, 6) is 1.34. The van der Waals surface area contributed by atoms with E-state index in [0.29, 0.717) is 85.5 Å². The van der Waals surface area contributed by atoms with E-state index in [-0.39, 0.29) is 76.4 Å². The van der Waals surface area contributed by atoms with Crippen LogP contribution in [0.3, 0.4) is 0 Å². The van der Waals surface area contributed by atoms with Crippen molar-refractivity contribution < 1.29 is 57.1 Å². The zero-order valence-corrected chi connectivity index (χ0v) is 28.1. The largest absolute Gasteiger partial charge is 0.487 e. The quantitative estimate of drug-likeness (QED) is 0.141. The first-order chi connectivity index (χ1) is 23.4. The van der Waals surface area contributed by atoms with Gasteiger partial charge in [0.15, 0.2) is 34.6 Å². The van der Waals surface area contributed by atoms with Gasteiger partial charge in [0, 0.05) is 36.8 Å². The lowest BCUT2D eigenvalue weighted by atomic mass is 10.0. The zero-order chi connectivity index (χ0) is 34.4. The monoisotopic (exact) mass is 672 g/mol. The van der Waals surface area contributed by atoms with Crippen LogP contribution in [0.1, 0.15) is 84.9 Å². The molecule has 0 radical (unpaired) electrons. The topological polar surface area (TPSA) is 142 Å². The summed E-state index contributed by atoms with van der Waals surface area (Å²) in [6.07, 6.45) is 5.63. The van der Waals surface area contributed by atoms with Gasteiger partial charge in [0.05, 0.1) is 40.6 Å². The Balaban J connectivity index is 1.52. The molecule has 0 saturated carbocycles. The van der Waals surface area contributed by atoms with Crippen LogP contribution in [-0.2, 0) is 28.5 Å². The molecule has 48 heavy (non-hydrogen) atoms. The number of fused-ring (bicyclic) bond motifs is 2. The fourth-order valence-corrected chi connectivity index (χ4v) is 4.83. The minimum Gasteiger partial charge on any atom is -0.487 e. The molecule has 0 fully saturated rings. The molecular formula is C36H48O12. The minimum atomic E-state index is -0.246. The first-order valence-electron chi connectivity index (χ1n) is 16.6. The lowest BCUT2D eigenvalue weighted by Gasteiger charge is -2.16. The minimum absolute atomic E-state index is 0.0140. The van der Waals surface area contributed by atoms with Crippen molar-refractivity contribution >= 4 is 23.5 Å². The van der Waals surface area contributed by atoms with Crippen LogP contribution in [0.25, 0.3) is 0 Å². The van der Waals surface area contributed by atoms with Crippen molar-refractivity contribution in [2.75, 3.05) is 67.1 Å². The van der Waals surface area contributed by atoms with Gasteiger partial charge >= 0.3 is 11.9 Å². The van der Waals surface area contributed by atoms with Crippen LogP contribution in [-0.4, -0.2) is 90.6 Å². The summed E-state index contributed by atoms with van der Waals surface area (Å²) in [5, 5.41) is 0. The van der Waals surface area contributed by atoms with E-state index in [0.717, 1.165) is 12.8 Å². The number of Topliss-reactive ketones (excluding diaryl/α,β-unsaturated/α-hetero) is 2. The molecule has 1 aliphatic rings. The number of methoxy groups -OCH3 is 2. The average Bonchev–Trinajstić information content (AvgIpc) is 3.10. The Labute approximate surface area is 282 Å². The van der Waals surface area contributed by atoms with Crippen LogP contribution in [0.5, 0.6) is 23.0 Å². The highest BCUT2D eigenvalue weighted by molar-refractivity contribution is 5.97. The Morgan fingerprint density at radius 3 is 1.21 bits per heavy atom. The fraction of sp³-hybridized carbons (Fsp3) is 0.556. The van der Waals surface area contributed by atoms with Gasteiger partial charge in [-0.1, -0.05) is 12.8 Å². The third-order valence-electron chi connectivity index (χ3n) is 7.50. The Kier molecular flexibility index (Phi) is 17.9. The summed E-state index contributed by atoms with van der Waals surface area (Å²) in [5.41, 5.74) is 1.05. The molecule has 1 aliphatic heterocycles. The van der Waals surface area contributed by atoms with E-state index in [9.17, 15) is 19.2 Å². The van der Waals surface area contributed by atoms with Crippen LogP contribution in [0.4, 0.5) is 0 Å². The number of hydrogen-bond acceptors (Lipinski definition) is 12.